The molecular weight excluding hydrogens is 406 g/mol. The summed E-state index contributed by atoms with van der Waals surface area (Å²) in [5, 5.41) is 13.2. The number of benzene rings is 2. The van der Waals surface area contributed by atoms with E-state index in [9.17, 15) is 10.0 Å². The first kappa shape index (κ1) is 18.0. The van der Waals surface area contributed by atoms with Crippen LogP contribution >= 0.6 is 27.5 Å². The number of halogens is 2. The zero-order valence-corrected chi connectivity index (χ0v) is 15.9. The number of hydrogen-bond donors (Lipinski definition) is 1. The predicted octanol–water partition coefficient (Wildman–Crippen LogP) is 2.99. The Hall–Kier alpha value is -1.82. The molecular formula is C18H14BrClN3O2. The minimum Gasteiger partial charge on any atom is -0.631 e. The Balaban J connectivity index is 2.40. The molecule has 2 aromatic carbocycles. The van der Waals surface area contributed by atoms with E-state index in [1.165, 1.54) is 6.08 Å². The van der Waals surface area contributed by atoms with Crippen molar-refractivity contribution in [3.63, 3.8) is 0 Å². The summed E-state index contributed by atoms with van der Waals surface area (Å²) in [4.78, 5) is 19.5. The highest BCUT2D eigenvalue weighted by molar-refractivity contribution is 9.10. The number of hydrogen-bond acceptors (Lipinski definition) is 4. The zero-order chi connectivity index (χ0) is 18.2. The van der Waals surface area contributed by atoms with E-state index < -0.39 is 11.8 Å². The minimum absolute atomic E-state index is 0.280. The molecule has 0 spiro atoms. The van der Waals surface area contributed by atoms with Gasteiger partial charge in [-0.1, -0.05) is 35.9 Å². The van der Waals surface area contributed by atoms with Gasteiger partial charge >= 0.3 is 0 Å². The fourth-order valence-corrected chi connectivity index (χ4v) is 3.79. The number of rotatable bonds is 2. The monoisotopic (exact) mass is 418 g/mol. The average molecular weight is 420 g/mol. The third kappa shape index (κ3) is 2.97. The van der Waals surface area contributed by atoms with E-state index in [4.69, 9.17) is 11.6 Å². The van der Waals surface area contributed by atoms with Crippen LogP contribution in [-0.4, -0.2) is 18.0 Å². The number of fused-ring (bicyclic) bond motifs is 1. The van der Waals surface area contributed by atoms with E-state index in [-0.39, 0.29) is 5.06 Å². The van der Waals surface area contributed by atoms with Gasteiger partial charge in [-0.3, -0.25) is 0 Å². The fraction of sp³-hybridized carbons (Fsp3) is 0.222. The second-order valence-electron chi connectivity index (χ2n) is 5.85. The summed E-state index contributed by atoms with van der Waals surface area (Å²) in [6.07, 6.45) is 0.833. The van der Waals surface area contributed by atoms with Gasteiger partial charge in [-0.25, -0.2) is 9.79 Å². The molecule has 1 radical (unpaired) electrons. The molecule has 5 nitrogen and oxygen atoms in total. The van der Waals surface area contributed by atoms with Gasteiger partial charge in [0.25, 0.3) is 0 Å². The molecule has 3 unspecified atom stereocenters. The zero-order valence-electron chi connectivity index (χ0n) is 13.5. The average Bonchev–Trinajstić information content (AvgIpc) is 2.66. The molecule has 25 heavy (non-hydrogen) atoms. The Morgan fingerprint density at radius 3 is 2.84 bits per heavy atom. The van der Waals surface area contributed by atoms with Crippen molar-refractivity contribution in [3.8, 4) is 0 Å². The summed E-state index contributed by atoms with van der Waals surface area (Å²) in [6.45, 7) is 3.29. The number of quaternary nitrogens is 1. The Kier molecular flexibility index (Phi) is 4.91. The summed E-state index contributed by atoms with van der Waals surface area (Å²) in [5.74, 6) is 0. The molecule has 3 atom stereocenters. The van der Waals surface area contributed by atoms with Gasteiger partial charge in [-0.2, -0.15) is 0 Å². The molecule has 3 rings (SSSR count). The fourth-order valence-electron chi connectivity index (χ4n) is 3.03. The number of hydroxylamine groups is 2. The van der Waals surface area contributed by atoms with Crippen molar-refractivity contribution in [2.45, 2.75) is 25.7 Å². The van der Waals surface area contributed by atoms with Crippen molar-refractivity contribution >= 4 is 39.3 Å². The van der Waals surface area contributed by atoms with Gasteiger partial charge in [0.1, 0.15) is 0 Å². The third-order valence-electron chi connectivity index (χ3n) is 4.29. The third-order valence-corrected chi connectivity index (χ3v) is 5.25. The summed E-state index contributed by atoms with van der Waals surface area (Å²) in [7, 11) is 0. The highest BCUT2D eigenvalue weighted by atomic mass is 79.9. The number of aliphatic imine (C=N–C) groups is 2. The normalized spacial score (nSPS) is 25.4. The van der Waals surface area contributed by atoms with Crippen molar-refractivity contribution in [1.82, 2.24) is 0 Å². The molecule has 1 heterocycles. The number of nitrogens with zero attached hydrogens (tertiary/aromatic N) is 2. The van der Waals surface area contributed by atoms with Crippen LogP contribution in [0.1, 0.15) is 30.5 Å². The van der Waals surface area contributed by atoms with Crippen LogP contribution in [0.4, 0.5) is 0 Å². The van der Waals surface area contributed by atoms with Crippen LogP contribution < -0.4 is 5.06 Å². The SMILES string of the molecule is CC1N=C(c2ccccc2Cl)c2c(Br)[c]ccc2C(C)(N=C=O)[NH+]1[O-]. The molecule has 2 aromatic rings. The van der Waals surface area contributed by atoms with Gasteiger partial charge < -0.3 is 10.3 Å². The summed E-state index contributed by atoms with van der Waals surface area (Å²) in [6, 6.07) is 13.7. The molecule has 0 amide bonds. The van der Waals surface area contributed by atoms with E-state index in [1.807, 2.05) is 18.2 Å². The molecule has 0 fully saturated rings. The first-order valence-electron chi connectivity index (χ1n) is 7.57. The molecule has 0 saturated heterocycles. The van der Waals surface area contributed by atoms with E-state index in [2.05, 4.69) is 32.0 Å². The molecule has 0 bridgehead atoms. The highest BCUT2D eigenvalue weighted by Crippen LogP contribution is 2.34. The van der Waals surface area contributed by atoms with Crippen LogP contribution in [0.15, 0.2) is 50.9 Å². The smallest absolute Gasteiger partial charge is 0.241 e. The summed E-state index contributed by atoms with van der Waals surface area (Å²) < 4.78 is 0.623. The van der Waals surface area contributed by atoms with Gasteiger partial charge in [0.05, 0.1) is 5.71 Å². The quantitative estimate of drug-likeness (QED) is 0.462. The Morgan fingerprint density at radius 1 is 1.44 bits per heavy atom. The second-order valence-corrected chi connectivity index (χ2v) is 7.05. The molecule has 1 aliphatic rings. The number of isocyanates is 1. The molecule has 0 saturated carbocycles. The lowest BCUT2D eigenvalue weighted by Gasteiger charge is -2.38. The molecule has 1 aliphatic heterocycles. The number of carbonyl (C=O) groups excluding carboxylic acids is 1. The minimum atomic E-state index is -1.37. The van der Waals surface area contributed by atoms with Gasteiger partial charge in [0.15, 0.2) is 6.17 Å². The maximum Gasteiger partial charge on any atom is 0.241 e. The van der Waals surface area contributed by atoms with Crippen LogP contribution in [0.2, 0.25) is 5.02 Å². The van der Waals surface area contributed by atoms with Crippen molar-refractivity contribution < 1.29 is 9.86 Å². The lowest BCUT2D eigenvalue weighted by molar-refractivity contribution is -0.932. The van der Waals surface area contributed by atoms with Crippen LogP contribution in [0.5, 0.6) is 0 Å². The van der Waals surface area contributed by atoms with Gasteiger partial charge in [0.2, 0.25) is 11.7 Å². The largest absolute Gasteiger partial charge is 0.631 e. The first-order chi connectivity index (χ1) is 11.9. The van der Waals surface area contributed by atoms with Crippen molar-refractivity contribution in [2.24, 2.45) is 9.98 Å². The van der Waals surface area contributed by atoms with Gasteiger partial charge in [0, 0.05) is 40.0 Å². The van der Waals surface area contributed by atoms with Crippen molar-refractivity contribution in [1.29, 1.82) is 0 Å². The highest BCUT2D eigenvalue weighted by Gasteiger charge is 2.42. The molecule has 7 heteroatoms. The topological polar surface area (TPSA) is 69.3 Å². The molecule has 0 aliphatic carbocycles. The van der Waals surface area contributed by atoms with E-state index in [0.717, 1.165) is 0 Å². The Bertz CT molecular complexity index is 911. The van der Waals surface area contributed by atoms with E-state index in [1.54, 1.807) is 32.0 Å². The number of nitrogens with one attached hydrogen (secondary N) is 1. The van der Waals surface area contributed by atoms with Crippen LogP contribution in [0.25, 0.3) is 0 Å². The lowest BCUT2D eigenvalue weighted by atomic mass is 9.91. The van der Waals surface area contributed by atoms with Crippen LogP contribution in [0, 0.1) is 11.3 Å². The Morgan fingerprint density at radius 2 is 2.16 bits per heavy atom. The van der Waals surface area contributed by atoms with E-state index >= 15 is 0 Å². The summed E-state index contributed by atoms with van der Waals surface area (Å²) >= 11 is 9.86. The lowest BCUT2D eigenvalue weighted by Crippen LogP contribution is -3.16. The maximum absolute atomic E-state index is 13.0. The molecule has 1 N–H and O–H groups in total. The van der Waals surface area contributed by atoms with Crippen LogP contribution in [-0.2, 0) is 10.5 Å². The summed E-state index contributed by atoms with van der Waals surface area (Å²) in [5.41, 5.74) is 1.10. The first-order valence-corrected chi connectivity index (χ1v) is 8.74. The molecule has 0 aromatic heterocycles. The van der Waals surface area contributed by atoms with E-state index in [0.29, 0.717) is 31.9 Å². The van der Waals surface area contributed by atoms with Crippen molar-refractivity contribution in [2.75, 3.05) is 0 Å². The Labute approximate surface area is 158 Å². The maximum atomic E-state index is 13.0. The van der Waals surface area contributed by atoms with Gasteiger partial charge in [-0.05, 0) is 34.1 Å². The molecule has 127 valence electrons. The standard InChI is InChI=1S/C18H14BrClN3O2/c1-11-22-17(12-6-3-4-9-15(12)20)16-13(7-5-8-14(16)19)18(2,21-10-24)23(11)25/h3-7,9,11,23H,1-2H3. The van der Waals surface area contributed by atoms with Crippen molar-refractivity contribution in [3.05, 3.63) is 73.9 Å². The van der Waals surface area contributed by atoms with Gasteiger partial charge in [-0.15, -0.1) is 4.99 Å². The van der Waals surface area contributed by atoms with Crippen LogP contribution in [0.3, 0.4) is 0 Å². The predicted molar refractivity (Wildman–Crippen MR) is 99.3 cm³/mol. The second kappa shape index (κ2) is 6.83.